The molecule has 45 heavy (non-hydrogen) atoms. The number of hydrogen-bond donors (Lipinski definition) is 2. The first kappa shape index (κ1) is 29.8. The normalized spacial score (nSPS) is 22.0. The maximum Gasteiger partial charge on any atom is 0.228 e. The standard InChI is InChI=1S/C35H39F2N7O/c1-6-25-28(36)12-9-20-14-21(35(2,3)45)15-26(29(20)25)31-30(37)32-27(16-39-31)33(42(4)17-22-8-7-13-38-22)41-34(40-32)44-18-23-10-11-24(19-44)43(23)5/h1,9,12,14-16,22-24,38,45H,7-8,10-11,13,17-19H2,2-5H3/t22-,23?,24?/m1/s1. The summed E-state index contributed by atoms with van der Waals surface area (Å²) in [6.45, 7) is 6.54. The van der Waals surface area contributed by atoms with Crippen molar-refractivity contribution in [2.45, 2.75) is 63.3 Å². The van der Waals surface area contributed by atoms with Gasteiger partial charge in [-0.1, -0.05) is 12.0 Å². The van der Waals surface area contributed by atoms with Gasteiger partial charge >= 0.3 is 0 Å². The van der Waals surface area contributed by atoms with Crippen LogP contribution >= 0.6 is 0 Å². The predicted octanol–water partition coefficient (Wildman–Crippen LogP) is 4.80. The van der Waals surface area contributed by atoms with Gasteiger partial charge in [0.05, 0.1) is 16.6 Å². The molecule has 3 atom stereocenters. The summed E-state index contributed by atoms with van der Waals surface area (Å²) in [6.07, 6.45) is 11.8. The molecular formula is C35H39F2N7O. The van der Waals surface area contributed by atoms with E-state index in [0.29, 0.717) is 63.7 Å². The number of fused-ring (bicyclic) bond motifs is 4. The van der Waals surface area contributed by atoms with Crippen LogP contribution in [0.4, 0.5) is 20.5 Å². The molecule has 3 fully saturated rings. The smallest absolute Gasteiger partial charge is 0.228 e. The van der Waals surface area contributed by atoms with Crippen LogP contribution in [0.3, 0.4) is 0 Å². The lowest BCUT2D eigenvalue weighted by Gasteiger charge is -2.39. The molecule has 0 saturated carbocycles. The van der Waals surface area contributed by atoms with Gasteiger partial charge in [0.1, 0.15) is 22.8 Å². The van der Waals surface area contributed by atoms with Crippen LogP contribution in [-0.4, -0.2) is 83.4 Å². The summed E-state index contributed by atoms with van der Waals surface area (Å²) in [5, 5.41) is 15.9. The summed E-state index contributed by atoms with van der Waals surface area (Å²) in [7, 11) is 4.15. The summed E-state index contributed by atoms with van der Waals surface area (Å²) >= 11 is 0. The van der Waals surface area contributed by atoms with Crippen LogP contribution in [0, 0.1) is 24.0 Å². The molecule has 4 aromatic rings. The zero-order valence-electron chi connectivity index (χ0n) is 26.2. The van der Waals surface area contributed by atoms with Gasteiger partial charge in [0.25, 0.3) is 0 Å². The van der Waals surface area contributed by atoms with Crippen molar-refractivity contribution >= 4 is 33.4 Å². The number of halogens is 2. The van der Waals surface area contributed by atoms with Gasteiger partial charge in [0, 0.05) is 62.0 Å². The van der Waals surface area contributed by atoms with E-state index in [0.717, 1.165) is 45.3 Å². The van der Waals surface area contributed by atoms with Crippen molar-refractivity contribution in [2.75, 3.05) is 50.1 Å². The lowest BCUT2D eigenvalue weighted by Crippen LogP contribution is -2.52. The van der Waals surface area contributed by atoms with E-state index in [4.69, 9.17) is 16.4 Å². The van der Waals surface area contributed by atoms with Gasteiger partial charge in [0.2, 0.25) is 5.95 Å². The molecule has 0 amide bonds. The van der Waals surface area contributed by atoms with Crippen LogP contribution in [0.2, 0.25) is 0 Å². The minimum atomic E-state index is -1.25. The number of aromatic nitrogens is 3. The number of anilines is 2. The fourth-order valence-corrected chi connectivity index (χ4v) is 7.38. The SMILES string of the molecule is C#Cc1c(F)ccc2cc(C(C)(C)O)cc(-c3ncc4c(N(C)C[C@H]5CCCN5)nc(N5CC6CCC(C5)N6C)nc4c3F)c12. The van der Waals surface area contributed by atoms with Gasteiger partial charge in [-0.25, -0.2) is 13.8 Å². The maximum atomic E-state index is 17.1. The Bertz CT molecular complexity index is 1830. The highest BCUT2D eigenvalue weighted by atomic mass is 19.1. The van der Waals surface area contributed by atoms with Gasteiger partial charge in [-0.15, -0.1) is 6.42 Å². The summed E-state index contributed by atoms with van der Waals surface area (Å²) < 4.78 is 32.1. The molecule has 2 aromatic carbocycles. The summed E-state index contributed by atoms with van der Waals surface area (Å²) in [6, 6.07) is 7.41. The first-order chi connectivity index (χ1) is 21.5. The number of aliphatic hydroxyl groups is 1. The van der Waals surface area contributed by atoms with Crippen molar-refractivity contribution in [2.24, 2.45) is 0 Å². The zero-order valence-corrected chi connectivity index (χ0v) is 26.2. The van der Waals surface area contributed by atoms with Gasteiger partial charge in [-0.2, -0.15) is 4.98 Å². The Hall–Kier alpha value is -3.91. The van der Waals surface area contributed by atoms with E-state index in [1.807, 2.05) is 7.05 Å². The van der Waals surface area contributed by atoms with Crippen LogP contribution in [0.25, 0.3) is 32.9 Å². The number of nitrogens with zero attached hydrogens (tertiary/aromatic N) is 6. The van der Waals surface area contributed by atoms with Crippen LogP contribution in [0.15, 0.2) is 30.5 Å². The number of benzene rings is 2. The van der Waals surface area contributed by atoms with Gasteiger partial charge in [-0.3, -0.25) is 9.88 Å². The molecule has 234 valence electrons. The van der Waals surface area contributed by atoms with Crippen molar-refractivity contribution < 1.29 is 13.9 Å². The molecule has 8 nitrogen and oxygen atoms in total. The molecule has 3 aliphatic rings. The zero-order chi connectivity index (χ0) is 31.6. The molecule has 2 unspecified atom stereocenters. The van der Waals surface area contributed by atoms with Crippen molar-refractivity contribution in [3.63, 3.8) is 0 Å². The van der Waals surface area contributed by atoms with E-state index in [2.05, 4.69) is 38.0 Å². The quantitative estimate of drug-likeness (QED) is 0.301. The number of hydrogen-bond acceptors (Lipinski definition) is 8. The summed E-state index contributed by atoms with van der Waals surface area (Å²) in [5.74, 6) is 2.36. The Morgan fingerprint density at radius 3 is 2.56 bits per heavy atom. The minimum Gasteiger partial charge on any atom is -0.386 e. The molecule has 5 heterocycles. The van der Waals surface area contributed by atoms with Gasteiger partial charge in [0.15, 0.2) is 5.82 Å². The van der Waals surface area contributed by atoms with E-state index in [1.54, 1.807) is 38.2 Å². The van der Waals surface area contributed by atoms with Gasteiger partial charge in [-0.05, 0) is 82.3 Å². The van der Waals surface area contributed by atoms with Crippen LogP contribution in [0.1, 0.15) is 50.7 Å². The molecule has 2 bridgehead atoms. The predicted molar refractivity (Wildman–Crippen MR) is 174 cm³/mol. The van der Waals surface area contributed by atoms with Crippen LogP contribution < -0.4 is 15.1 Å². The molecule has 3 saturated heterocycles. The molecule has 0 spiro atoms. The first-order valence-corrected chi connectivity index (χ1v) is 15.8. The lowest BCUT2D eigenvalue weighted by molar-refractivity contribution is 0.0788. The molecule has 0 aliphatic carbocycles. The van der Waals surface area contributed by atoms with Crippen molar-refractivity contribution in [3.05, 3.63) is 53.2 Å². The third-order valence-electron chi connectivity index (χ3n) is 9.97. The number of rotatable bonds is 6. The molecule has 2 aromatic heterocycles. The minimum absolute atomic E-state index is 0.00476. The molecule has 0 radical (unpaired) electrons. The van der Waals surface area contributed by atoms with E-state index < -0.39 is 17.2 Å². The average molecular weight is 612 g/mol. The van der Waals surface area contributed by atoms with E-state index in [-0.39, 0.29) is 16.8 Å². The molecule has 7 rings (SSSR count). The highest BCUT2D eigenvalue weighted by molar-refractivity contribution is 6.02. The van der Waals surface area contributed by atoms with Crippen molar-refractivity contribution in [1.29, 1.82) is 0 Å². The van der Waals surface area contributed by atoms with E-state index in [9.17, 15) is 5.11 Å². The van der Waals surface area contributed by atoms with Crippen molar-refractivity contribution in [1.82, 2.24) is 25.2 Å². The number of terminal acetylenes is 1. The maximum absolute atomic E-state index is 17.1. The molecule has 2 N–H and O–H groups in total. The second-order valence-corrected chi connectivity index (χ2v) is 13.4. The average Bonchev–Trinajstić information content (AvgIpc) is 3.58. The van der Waals surface area contributed by atoms with Crippen LogP contribution in [0.5, 0.6) is 0 Å². The topological polar surface area (TPSA) is 80.7 Å². The van der Waals surface area contributed by atoms with Gasteiger partial charge < -0.3 is 20.2 Å². The Balaban J connectivity index is 1.44. The number of piperazine rings is 1. The Morgan fingerprint density at radius 1 is 1.13 bits per heavy atom. The third-order valence-corrected chi connectivity index (χ3v) is 9.97. The van der Waals surface area contributed by atoms with Crippen LogP contribution in [-0.2, 0) is 5.60 Å². The highest BCUT2D eigenvalue weighted by Crippen LogP contribution is 2.40. The second kappa shape index (κ2) is 11.2. The highest BCUT2D eigenvalue weighted by Gasteiger charge is 2.39. The fraction of sp³-hybridized carbons (Fsp3) is 0.457. The summed E-state index contributed by atoms with van der Waals surface area (Å²) in [5.41, 5.74) is -0.248. The second-order valence-electron chi connectivity index (χ2n) is 13.4. The van der Waals surface area contributed by atoms with E-state index in [1.165, 1.54) is 6.07 Å². The third kappa shape index (κ3) is 5.17. The van der Waals surface area contributed by atoms with Crippen molar-refractivity contribution in [3.8, 4) is 23.6 Å². The monoisotopic (exact) mass is 611 g/mol. The molecule has 10 heteroatoms. The molecule has 3 aliphatic heterocycles. The number of likely N-dealkylation sites (N-methyl/N-ethyl adjacent to an activating group) is 2. The lowest BCUT2D eigenvalue weighted by atomic mass is 9.89. The Kier molecular flexibility index (Phi) is 7.39. The largest absolute Gasteiger partial charge is 0.386 e. The summed E-state index contributed by atoms with van der Waals surface area (Å²) in [4.78, 5) is 21.2. The first-order valence-electron chi connectivity index (χ1n) is 15.8. The molecular weight excluding hydrogens is 572 g/mol. The fourth-order valence-electron chi connectivity index (χ4n) is 7.38. The number of pyridine rings is 1. The Morgan fingerprint density at radius 2 is 1.89 bits per heavy atom. The number of nitrogens with one attached hydrogen (secondary N) is 1. The van der Waals surface area contributed by atoms with E-state index >= 15 is 8.78 Å². The Labute approximate surface area is 262 Å².